The van der Waals surface area contributed by atoms with Crippen LogP contribution in [0.1, 0.15) is 81.6 Å². The van der Waals surface area contributed by atoms with Gasteiger partial charge in [0, 0.05) is 21.1 Å². The van der Waals surface area contributed by atoms with Crippen molar-refractivity contribution >= 4 is 35.6 Å². The Balaban J connectivity index is 3.77. The number of ether oxygens (including phenoxy) is 3. The molecular weight excluding hydrogens is 552 g/mol. The van der Waals surface area contributed by atoms with Crippen LogP contribution in [0.25, 0.3) is 0 Å². The Morgan fingerprint density at radius 1 is 0.500 bits per heavy atom. The summed E-state index contributed by atoms with van der Waals surface area (Å²) in [5, 5.41) is 0. The Hall–Kier alpha value is -3.18. The molecule has 0 aromatic carbocycles. The molecule has 12 nitrogen and oxygen atoms in total. The number of carbonyl (C=O) groups excluding carboxylic acids is 6. The summed E-state index contributed by atoms with van der Waals surface area (Å²) in [6, 6.07) is -3.26. The van der Waals surface area contributed by atoms with Crippen LogP contribution in [0.15, 0.2) is 0 Å². The summed E-state index contributed by atoms with van der Waals surface area (Å²) in [5.74, 6) is -5.46. The lowest BCUT2D eigenvalue weighted by atomic mass is 10.0. The van der Waals surface area contributed by atoms with Gasteiger partial charge in [0.25, 0.3) is 17.7 Å². The molecule has 12 heteroatoms. The maximum absolute atomic E-state index is 13.5. The van der Waals surface area contributed by atoms with Gasteiger partial charge in [-0.05, 0) is 37.0 Å². The van der Waals surface area contributed by atoms with E-state index in [0.717, 1.165) is 0 Å². The predicted octanol–water partition coefficient (Wildman–Crippen LogP) is 2.41. The van der Waals surface area contributed by atoms with E-state index >= 15 is 0 Å². The molecule has 1 heterocycles. The molecule has 1 rings (SSSR count). The van der Waals surface area contributed by atoms with Gasteiger partial charge in [-0.3, -0.25) is 14.4 Å². The molecule has 42 heavy (non-hydrogen) atoms. The zero-order chi connectivity index (χ0) is 32.6. The van der Waals surface area contributed by atoms with Crippen molar-refractivity contribution in [3.8, 4) is 0 Å². The highest BCUT2D eigenvalue weighted by Gasteiger charge is 2.43. The van der Waals surface area contributed by atoms with E-state index in [2.05, 4.69) is 0 Å². The summed E-state index contributed by atoms with van der Waals surface area (Å²) in [6.07, 6.45) is -3.36. The quantitative estimate of drug-likeness (QED) is 0.331. The molecule has 3 amide bonds. The summed E-state index contributed by atoms with van der Waals surface area (Å²) >= 11 is 0. The van der Waals surface area contributed by atoms with E-state index in [4.69, 9.17) is 14.2 Å². The maximum Gasteiger partial charge on any atom is 0.329 e. The zero-order valence-electron chi connectivity index (χ0n) is 27.3. The number of carbonyl (C=O) groups is 6. The van der Waals surface area contributed by atoms with Crippen LogP contribution in [0.3, 0.4) is 0 Å². The summed E-state index contributed by atoms with van der Waals surface area (Å²) in [4.78, 5) is 84.5. The third-order valence-corrected chi connectivity index (χ3v) is 7.63. The summed E-state index contributed by atoms with van der Waals surface area (Å²) < 4.78 is 17.0. The number of hydrogen-bond donors (Lipinski definition) is 0. The molecule has 0 aromatic heterocycles. The highest BCUT2D eigenvalue weighted by atomic mass is 16.6. The maximum atomic E-state index is 13.5. The van der Waals surface area contributed by atoms with Crippen molar-refractivity contribution in [3.63, 3.8) is 0 Å². The van der Waals surface area contributed by atoms with Crippen LogP contribution in [-0.2, 0) is 43.0 Å². The molecule has 6 atom stereocenters. The third kappa shape index (κ3) is 8.44. The summed E-state index contributed by atoms with van der Waals surface area (Å²) in [6.45, 7) is 15.4. The van der Waals surface area contributed by atoms with Gasteiger partial charge in [-0.2, -0.15) is 0 Å². The molecule has 0 spiro atoms. The molecule has 0 aromatic rings. The molecule has 1 aliphatic heterocycles. The molecule has 240 valence electrons. The van der Waals surface area contributed by atoms with Gasteiger partial charge in [-0.1, -0.05) is 62.3 Å². The topological polar surface area (TPSA) is 140 Å². The zero-order valence-corrected chi connectivity index (χ0v) is 27.3. The van der Waals surface area contributed by atoms with Gasteiger partial charge < -0.3 is 28.9 Å². The lowest BCUT2D eigenvalue weighted by molar-refractivity contribution is -0.178. The number of esters is 3. The monoisotopic (exact) mass is 603 g/mol. The fraction of sp³-hybridized carbons (Fsp3) is 0.800. The normalized spacial score (nSPS) is 28.2. The second-order valence-electron chi connectivity index (χ2n) is 11.9. The Kier molecular flexibility index (Phi) is 13.9. The van der Waals surface area contributed by atoms with Crippen LogP contribution >= 0.6 is 0 Å². The molecule has 1 aliphatic rings. The minimum absolute atomic E-state index is 0.115. The molecule has 0 aliphatic carbocycles. The Bertz CT molecular complexity index is 873. The van der Waals surface area contributed by atoms with Crippen molar-refractivity contribution in [1.29, 1.82) is 0 Å². The minimum atomic E-state index is -1.23. The number of nitrogens with zero attached hydrogens (tertiary/aromatic N) is 3. The molecule has 0 saturated carbocycles. The van der Waals surface area contributed by atoms with Crippen molar-refractivity contribution in [2.75, 3.05) is 21.1 Å². The lowest BCUT2D eigenvalue weighted by Crippen LogP contribution is -2.56. The highest BCUT2D eigenvalue weighted by Crippen LogP contribution is 2.22. The van der Waals surface area contributed by atoms with Gasteiger partial charge in [-0.25, -0.2) is 14.4 Å². The van der Waals surface area contributed by atoms with E-state index < -0.39 is 89.8 Å². The van der Waals surface area contributed by atoms with Crippen molar-refractivity contribution in [1.82, 2.24) is 14.7 Å². The number of amides is 3. The largest absolute Gasteiger partial charge is 0.451 e. The second-order valence-corrected chi connectivity index (χ2v) is 11.9. The fourth-order valence-corrected chi connectivity index (χ4v) is 5.28. The van der Waals surface area contributed by atoms with E-state index in [-0.39, 0.29) is 19.3 Å². The molecule has 1 fully saturated rings. The van der Waals surface area contributed by atoms with E-state index in [9.17, 15) is 28.8 Å². The Morgan fingerprint density at radius 2 is 0.690 bits per heavy atom. The first-order chi connectivity index (χ1) is 19.5. The Morgan fingerprint density at radius 3 is 0.833 bits per heavy atom. The van der Waals surface area contributed by atoms with Crippen LogP contribution in [0.4, 0.5) is 0 Å². The van der Waals surface area contributed by atoms with Crippen LogP contribution in [0.2, 0.25) is 0 Å². The van der Waals surface area contributed by atoms with Gasteiger partial charge in [0.1, 0.15) is 18.1 Å². The highest BCUT2D eigenvalue weighted by molar-refractivity contribution is 5.93. The standard InChI is InChI=1S/C30H51N3O9/c1-13-19-25(34)31(10)23(17(6)7)29(38)41-21(15-3)27(36)33(12)24(18(8)9)30(39)42-20(14-2)26(35)32(11)22(16(4)5)28(37)40-19/h16-24H,13-15H2,1-12H3/t19-,20-,21-,22+,23+,24+/m1/s1/i10+2,11+2,12+2. The van der Waals surface area contributed by atoms with Gasteiger partial charge in [-0.15, -0.1) is 0 Å². The van der Waals surface area contributed by atoms with Gasteiger partial charge in [0.2, 0.25) is 0 Å². The SMILES string of the molecule is CC[C@H]1OC(=O)[C@H](C(C)C)N([14CH3])C(=O)[C@@H](CC)OC(=O)[C@H](C(C)C)N([14CH3])C(=O)[C@@H](CC)OC(=O)[C@H](C(C)C)N([14CH3])C1=O. The van der Waals surface area contributed by atoms with E-state index in [1.165, 1.54) is 35.8 Å². The first-order valence-corrected chi connectivity index (χ1v) is 14.9. The van der Waals surface area contributed by atoms with Gasteiger partial charge in [0.05, 0.1) is 0 Å². The summed E-state index contributed by atoms with van der Waals surface area (Å²) in [7, 11) is 4.26. The predicted molar refractivity (Wildman–Crippen MR) is 155 cm³/mol. The van der Waals surface area contributed by atoms with Crippen molar-refractivity contribution < 1.29 is 43.0 Å². The van der Waals surface area contributed by atoms with Crippen LogP contribution in [0, 0.1) is 17.8 Å². The number of cyclic esters (lactones) is 3. The molecule has 0 unspecified atom stereocenters. The summed E-state index contributed by atoms with van der Waals surface area (Å²) in [5.41, 5.74) is 0. The van der Waals surface area contributed by atoms with E-state index in [1.54, 1.807) is 62.3 Å². The number of rotatable bonds is 6. The third-order valence-electron chi connectivity index (χ3n) is 7.63. The number of likely N-dealkylation sites (N-methyl/N-ethyl adjacent to an activating group) is 3. The van der Waals surface area contributed by atoms with Gasteiger partial charge >= 0.3 is 17.9 Å². The molecule has 0 bridgehead atoms. The molecule has 0 N–H and O–H groups in total. The molecular formula is C30H51N3O9. The fourth-order valence-electron chi connectivity index (χ4n) is 5.28. The van der Waals surface area contributed by atoms with Crippen molar-refractivity contribution in [2.45, 2.75) is 118 Å². The Labute approximate surface area is 250 Å². The first kappa shape index (κ1) is 36.8. The first-order valence-electron chi connectivity index (χ1n) is 14.9. The van der Waals surface area contributed by atoms with Crippen molar-refractivity contribution in [3.05, 3.63) is 0 Å². The average Bonchev–Trinajstić information content (AvgIpc) is 2.90. The van der Waals surface area contributed by atoms with Crippen molar-refractivity contribution in [2.24, 2.45) is 17.8 Å². The minimum Gasteiger partial charge on any atom is -0.451 e. The lowest BCUT2D eigenvalue weighted by Gasteiger charge is -2.37. The number of hydrogen-bond acceptors (Lipinski definition) is 9. The van der Waals surface area contributed by atoms with Crippen LogP contribution < -0.4 is 0 Å². The van der Waals surface area contributed by atoms with E-state index in [1.807, 2.05) is 0 Å². The average molecular weight is 604 g/mol. The van der Waals surface area contributed by atoms with E-state index in [0.29, 0.717) is 0 Å². The van der Waals surface area contributed by atoms with Gasteiger partial charge in [0.15, 0.2) is 18.3 Å². The molecule has 1 saturated heterocycles. The van der Waals surface area contributed by atoms with Crippen LogP contribution in [-0.4, -0.2) is 108 Å². The second kappa shape index (κ2) is 15.9. The smallest absolute Gasteiger partial charge is 0.329 e. The van der Waals surface area contributed by atoms with Crippen LogP contribution in [0.5, 0.6) is 0 Å². The molecule has 0 radical (unpaired) electrons.